The molecule has 0 aromatic heterocycles. The minimum atomic E-state index is -0.250. The van der Waals surface area contributed by atoms with Crippen molar-refractivity contribution < 1.29 is 14.9 Å². The number of hydrogen-bond acceptors (Lipinski definition) is 4. The van der Waals surface area contributed by atoms with Crippen molar-refractivity contribution in [3.05, 3.63) is 35.4 Å². The molecule has 4 heteroatoms. The molecule has 4 nitrogen and oxygen atoms in total. The lowest BCUT2D eigenvalue weighted by Gasteiger charge is -2.42. The van der Waals surface area contributed by atoms with Gasteiger partial charge in [-0.25, -0.2) is 0 Å². The van der Waals surface area contributed by atoms with Crippen LogP contribution in [0.2, 0.25) is 0 Å². The van der Waals surface area contributed by atoms with Crippen LogP contribution in [0.25, 0.3) is 0 Å². The molecule has 0 aliphatic carbocycles. The number of ether oxygens (including phenoxy) is 1. The number of aliphatic hydroxyl groups is 2. The van der Waals surface area contributed by atoms with Gasteiger partial charge in [0.25, 0.3) is 0 Å². The Labute approximate surface area is 126 Å². The van der Waals surface area contributed by atoms with Crippen LogP contribution in [0, 0.1) is 11.8 Å². The minimum absolute atomic E-state index is 0.0436. The van der Waals surface area contributed by atoms with E-state index in [-0.39, 0.29) is 24.9 Å². The van der Waals surface area contributed by atoms with E-state index in [0.29, 0.717) is 0 Å². The SMILES string of the molecule is CC1(C)CN(Cc2cccc(C#CCO)c2)CC(CO)O1. The molecule has 1 atom stereocenters. The zero-order chi connectivity index (χ0) is 15.3. The van der Waals surface area contributed by atoms with Gasteiger partial charge in [0.15, 0.2) is 0 Å². The van der Waals surface area contributed by atoms with E-state index in [9.17, 15) is 5.11 Å². The molecule has 1 aliphatic rings. The first-order chi connectivity index (χ1) is 10.0. The van der Waals surface area contributed by atoms with E-state index in [0.717, 1.165) is 25.2 Å². The van der Waals surface area contributed by atoms with E-state index in [1.54, 1.807) is 0 Å². The molecular weight excluding hydrogens is 266 g/mol. The molecular formula is C17H23NO3. The Bertz CT molecular complexity index is 530. The third-order valence-corrected chi connectivity index (χ3v) is 3.40. The van der Waals surface area contributed by atoms with Crippen molar-refractivity contribution in [1.82, 2.24) is 4.90 Å². The summed E-state index contributed by atoms with van der Waals surface area (Å²) in [6.07, 6.45) is -0.133. The van der Waals surface area contributed by atoms with Crippen LogP contribution in [0.4, 0.5) is 0 Å². The van der Waals surface area contributed by atoms with Crippen molar-refractivity contribution in [2.45, 2.75) is 32.1 Å². The molecule has 0 spiro atoms. The normalized spacial score (nSPS) is 21.6. The van der Waals surface area contributed by atoms with Gasteiger partial charge in [-0.15, -0.1) is 0 Å². The zero-order valence-electron chi connectivity index (χ0n) is 12.7. The molecule has 1 aromatic rings. The predicted octanol–water partition coefficient (Wildman–Crippen LogP) is 1.00. The second-order valence-electron chi connectivity index (χ2n) is 6.01. The van der Waals surface area contributed by atoms with E-state index < -0.39 is 0 Å². The van der Waals surface area contributed by atoms with Crippen LogP contribution < -0.4 is 0 Å². The van der Waals surface area contributed by atoms with Crippen molar-refractivity contribution in [2.75, 3.05) is 26.3 Å². The summed E-state index contributed by atoms with van der Waals surface area (Å²) in [6.45, 7) is 6.37. The van der Waals surface area contributed by atoms with Gasteiger partial charge in [-0.1, -0.05) is 24.0 Å². The molecule has 1 fully saturated rings. The molecule has 0 amide bonds. The molecule has 1 saturated heterocycles. The molecule has 1 unspecified atom stereocenters. The summed E-state index contributed by atoms with van der Waals surface area (Å²) in [4.78, 5) is 2.29. The highest BCUT2D eigenvalue weighted by atomic mass is 16.5. The maximum absolute atomic E-state index is 9.35. The van der Waals surface area contributed by atoms with Crippen molar-refractivity contribution in [2.24, 2.45) is 0 Å². The van der Waals surface area contributed by atoms with Gasteiger partial charge in [-0.05, 0) is 31.5 Å². The molecule has 2 rings (SSSR count). The summed E-state index contributed by atoms with van der Waals surface area (Å²) in [6, 6.07) is 8.03. The summed E-state index contributed by atoms with van der Waals surface area (Å²) < 4.78 is 5.83. The number of morpholine rings is 1. The molecule has 21 heavy (non-hydrogen) atoms. The third-order valence-electron chi connectivity index (χ3n) is 3.40. The smallest absolute Gasteiger partial charge is 0.104 e. The molecule has 0 saturated carbocycles. The Balaban J connectivity index is 2.06. The second kappa shape index (κ2) is 7.06. The largest absolute Gasteiger partial charge is 0.394 e. The van der Waals surface area contributed by atoms with Crippen LogP contribution in [0.5, 0.6) is 0 Å². The van der Waals surface area contributed by atoms with Crippen LogP contribution >= 0.6 is 0 Å². The standard InChI is InChI=1S/C17H23NO3/c1-17(2)13-18(11-16(12-20)21-17)10-15-6-3-5-14(9-15)7-4-8-19/h3,5-6,9,16,19-20H,8,10-13H2,1-2H3. The minimum Gasteiger partial charge on any atom is -0.394 e. The molecule has 1 aliphatic heterocycles. The highest BCUT2D eigenvalue weighted by Crippen LogP contribution is 2.22. The molecule has 1 heterocycles. The molecule has 2 N–H and O–H groups in total. The fraction of sp³-hybridized carbons (Fsp3) is 0.529. The van der Waals surface area contributed by atoms with E-state index >= 15 is 0 Å². The molecule has 0 radical (unpaired) electrons. The van der Waals surface area contributed by atoms with Gasteiger partial charge in [0.2, 0.25) is 0 Å². The quantitative estimate of drug-likeness (QED) is 0.815. The fourth-order valence-corrected chi connectivity index (χ4v) is 2.78. The number of aliphatic hydroxyl groups excluding tert-OH is 2. The van der Waals surface area contributed by atoms with E-state index in [1.165, 1.54) is 5.56 Å². The Morgan fingerprint density at radius 2 is 2.19 bits per heavy atom. The van der Waals surface area contributed by atoms with Crippen molar-refractivity contribution in [3.8, 4) is 11.8 Å². The van der Waals surface area contributed by atoms with Gasteiger partial charge >= 0.3 is 0 Å². The average Bonchev–Trinajstić information content (AvgIpc) is 2.43. The maximum atomic E-state index is 9.35. The summed E-state index contributed by atoms with van der Waals surface area (Å²) in [5, 5.41) is 18.1. The number of hydrogen-bond donors (Lipinski definition) is 2. The van der Waals surface area contributed by atoms with Gasteiger partial charge in [-0.2, -0.15) is 0 Å². The summed E-state index contributed by atoms with van der Waals surface area (Å²) in [5.74, 6) is 5.59. The Hall–Kier alpha value is -1.38. The van der Waals surface area contributed by atoms with E-state index in [1.807, 2.05) is 32.0 Å². The van der Waals surface area contributed by atoms with Gasteiger partial charge in [0.05, 0.1) is 18.3 Å². The lowest BCUT2D eigenvalue weighted by Crippen LogP contribution is -2.53. The second-order valence-corrected chi connectivity index (χ2v) is 6.01. The van der Waals surface area contributed by atoms with Crippen LogP contribution in [0.15, 0.2) is 24.3 Å². The predicted molar refractivity (Wildman–Crippen MR) is 81.7 cm³/mol. The first kappa shape index (κ1) is 16.0. The van der Waals surface area contributed by atoms with Gasteiger partial charge in [-0.3, -0.25) is 4.90 Å². The van der Waals surface area contributed by atoms with Crippen LogP contribution in [0.1, 0.15) is 25.0 Å². The Morgan fingerprint density at radius 1 is 1.38 bits per heavy atom. The van der Waals surface area contributed by atoms with Crippen LogP contribution in [0.3, 0.4) is 0 Å². The summed E-state index contributed by atoms with van der Waals surface area (Å²) in [5.41, 5.74) is 1.84. The fourth-order valence-electron chi connectivity index (χ4n) is 2.78. The highest BCUT2D eigenvalue weighted by molar-refractivity contribution is 5.37. The number of rotatable bonds is 3. The van der Waals surface area contributed by atoms with Crippen molar-refractivity contribution in [3.63, 3.8) is 0 Å². The van der Waals surface area contributed by atoms with Crippen molar-refractivity contribution in [1.29, 1.82) is 0 Å². The lowest BCUT2D eigenvalue weighted by molar-refractivity contribution is -0.150. The topological polar surface area (TPSA) is 52.9 Å². The van der Waals surface area contributed by atoms with Crippen LogP contribution in [-0.2, 0) is 11.3 Å². The number of nitrogens with zero attached hydrogens (tertiary/aromatic N) is 1. The first-order valence-electron chi connectivity index (χ1n) is 7.22. The molecule has 114 valence electrons. The van der Waals surface area contributed by atoms with Crippen molar-refractivity contribution >= 4 is 0 Å². The van der Waals surface area contributed by atoms with E-state index in [4.69, 9.17) is 9.84 Å². The van der Waals surface area contributed by atoms with Gasteiger partial charge < -0.3 is 14.9 Å². The number of benzene rings is 1. The Morgan fingerprint density at radius 3 is 2.90 bits per heavy atom. The maximum Gasteiger partial charge on any atom is 0.104 e. The van der Waals surface area contributed by atoms with E-state index in [2.05, 4.69) is 22.8 Å². The molecule has 1 aromatic carbocycles. The Kier molecular flexibility index (Phi) is 5.38. The zero-order valence-corrected chi connectivity index (χ0v) is 12.7. The van der Waals surface area contributed by atoms with Gasteiger partial charge in [0.1, 0.15) is 6.61 Å². The molecule has 0 bridgehead atoms. The summed E-state index contributed by atoms with van der Waals surface area (Å²) >= 11 is 0. The third kappa shape index (κ3) is 4.83. The van der Waals surface area contributed by atoms with Gasteiger partial charge in [0, 0.05) is 25.2 Å². The monoisotopic (exact) mass is 289 g/mol. The summed E-state index contributed by atoms with van der Waals surface area (Å²) in [7, 11) is 0. The average molecular weight is 289 g/mol. The van der Waals surface area contributed by atoms with Crippen LogP contribution in [-0.4, -0.2) is 53.1 Å². The first-order valence-corrected chi connectivity index (χ1v) is 7.22. The lowest BCUT2D eigenvalue weighted by atomic mass is 10.0. The highest BCUT2D eigenvalue weighted by Gasteiger charge is 2.32.